The molecule has 2 atom stereocenters. The average Bonchev–Trinajstić information content (AvgIpc) is 3.71. The van der Waals surface area contributed by atoms with Crippen LogP contribution in [0.2, 0.25) is 0 Å². The van der Waals surface area contributed by atoms with Crippen LogP contribution >= 0.6 is 0 Å². The lowest BCUT2D eigenvalue weighted by atomic mass is 9.98. The fourth-order valence-corrected chi connectivity index (χ4v) is 5.71. The van der Waals surface area contributed by atoms with E-state index in [-0.39, 0.29) is 41.7 Å². The van der Waals surface area contributed by atoms with Crippen LogP contribution in [0.15, 0.2) is 41.6 Å². The first-order valence-corrected chi connectivity index (χ1v) is 15.5. The molecule has 4 amide bonds. The number of carbonyl (C=O) groups is 4. The summed E-state index contributed by atoms with van der Waals surface area (Å²) in [6.07, 6.45) is 7.31. The molecule has 5 rings (SSSR count). The first-order chi connectivity index (χ1) is 21.7. The number of aromatic nitrogens is 5. The Morgan fingerprint density at radius 1 is 1.02 bits per heavy atom. The first-order valence-electron chi connectivity index (χ1n) is 15.5. The van der Waals surface area contributed by atoms with Gasteiger partial charge in [-0.05, 0) is 43.4 Å². The van der Waals surface area contributed by atoms with Gasteiger partial charge in [0.15, 0.2) is 0 Å². The van der Waals surface area contributed by atoms with E-state index in [1.807, 2.05) is 31.7 Å². The molecule has 45 heavy (non-hydrogen) atoms. The van der Waals surface area contributed by atoms with E-state index in [9.17, 15) is 24.0 Å². The molecule has 0 saturated heterocycles. The lowest BCUT2D eigenvalue weighted by molar-refractivity contribution is -0.130. The van der Waals surface area contributed by atoms with Crippen molar-refractivity contribution < 1.29 is 19.2 Å². The minimum atomic E-state index is -0.706. The minimum absolute atomic E-state index is 0.0941. The normalized spacial score (nSPS) is 18.8. The molecule has 1 aliphatic heterocycles. The van der Waals surface area contributed by atoms with Crippen LogP contribution in [0.4, 0.5) is 0 Å². The zero-order valence-corrected chi connectivity index (χ0v) is 26.0. The molecule has 0 aliphatic carbocycles. The molecule has 0 unspecified atom stereocenters. The standard InChI is InChI=1S/C31H41N9O5/c1-4-20(2)26-28(43)33-12-7-15-39-24-18-21(9-10-23(24)35-31(39)45)27(42)32-11-6-14-38(13-5-8-25(41)36-26)30(44)22-19-34-40-17-16-37(3)29(22)40/h9-10,16-20,26H,4-8,11-15H2,1-3H3,(H,32,42)(H,33,43)(H,35,45)(H,36,41)/t20-,26-/m0/s1. The maximum absolute atomic E-state index is 13.7. The van der Waals surface area contributed by atoms with E-state index in [1.165, 1.54) is 6.20 Å². The van der Waals surface area contributed by atoms with Crippen LogP contribution in [0.1, 0.15) is 66.7 Å². The Labute approximate surface area is 260 Å². The summed E-state index contributed by atoms with van der Waals surface area (Å²) < 4.78 is 5.01. The van der Waals surface area contributed by atoms with Gasteiger partial charge in [-0.2, -0.15) is 5.10 Å². The van der Waals surface area contributed by atoms with Crippen molar-refractivity contribution in [3.05, 3.63) is 58.4 Å². The van der Waals surface area contributed by atoms with E-state index in [0.29, 0.717) is 86.2 Å². The molecule has 0 radical (unpaired) electrons. The highest BCUT2D eigenvalue weighted by atomic mass is 16.2. The Morgan fingerprint density at radius 3 is 2.58 bits per heavy atom. The van der Waals surface area contributed by atoms with Crippen molar-refractivity contribution >= 4 is 40.3 Å². The molecule has 1 aliphatic rings. The third-order valence-corrected chi connectivity index (χ3v) is 8.48. The van der Waals surface area contributed by atoms with Crippen LogP contribution in [0.25, 0.3) is 16.7 Å². The number of carbonyl (C=O) groups excluding carboxylic acids is 4. The fraction of sp³-hybridized carbons (Fsp3) is 0.484. The van der Waals surface area contributed by atoms with Crippen LogP contribution in [-0.2, 0) is 23.2 Å². The highest BCUT2D eigenvalue weighted by molar-refractivity contribution is 6.00. The summed E-state index contributed by atoms with van der Waals surface area (Å²) in [5.74, 6) is -1.15. The van der Waals surface area contributed by atoms with Gasteiger partial charge in [-0.3, -0.25) is 23.7 Å². The van der Waals surface area contributed by atoms with E-state index in [1.54, 1.807) is 38.4 Å². The molecule has 240 valence electrons. The van der Waals surface area contributed by atoms with Gasteiger partial charge in [0.2, 0.25) is 11.8 Å². The topological polar surface area (TPSA) is 168 Å². The Bertz CT molecular complexity index is 1760. The Kier molecular flexibility index (Phi) is 9.69. The number of rotatable bonds is 3. The molecule has 0 saturated carbocycles. The van der Waals surface area contributed by atoms with Gasteiger partial charge >= 0.3 is 5.69 Å². The Balaban J connectivity index is 1.38. The van der Waals surface area contributed by atoms with Crippen molar-refractivity contribution in [3.63, 3.8) is 0 Å². The number of imidazole rings is 2. The van der Waals surface area contributed by atoms with Gasteiger partial charge in [0.25, 0.3) is 11.8 Å². The number of aromatic amines is 1. The smallest absolute Gasteiger partial charge is 0.326 e. The Morgan fingerprint density at radius 2 is 1.78 bits per heavy atom. The Hall–Kier alpha value is -4.88. The van der Waals surface area contributed by atoms with Crippen molar-refractivity contribution in [1.29, 1.82) is 0 Å². The second kappa shape index (κ2) is 13.8. The zero-order valence-electron chi connectivity index (χ0n) is 26.0. The summed E-state index contributed by atoms with van der Waals surface area (Å²) in [7, 11) is 1.84. The van der Waals surface area contributed by atoms with Crippen molar-refractivity contribution in [2.45, 2.75) is 58.5 Å². The average molecular weight is 620 g/mol. The molecule has 4 aromatic rings. The number of nitrogens with one attached hydrogen (secondary N) is 4. The molecule has 14 nitrogen and oxygen atoms in total. The van der Waals surface area contributed by atoms with Crippen molar-refractivity contribution in [1.82, 2.24) is 44.6 Å². The molecule has 1 aromatic carbocycles. The predicted molar refractivity (Wildman–Crippen MR) is 168 cm³/mol. The summed E-state index contributed by atoms with van der Waals surface area (Å²) in [4.78, 5) is 70.0. The lowest BCUT2D eigenvalue weighted by Crippen LogP contribution is -2.50. The van der Waals surface area contributed by atoms with Crippen LogP contribution in [0.5, 0.6) is 0 Å². The van der Waals surface area contributed by atoms with Gasteiger partial charge in [-0.1, -0.05) is 20.3 Å². The number of nitrogens with zero attached hydrogens (tertiary/aromatic N) is 5. The predicted octanol–water partition coefficient (Wildman–Crippen LogP) is 1.41. The molecule has 0 fully saturated rings. The zero-order chi connectivity index (χ0) is 32.1. The first kappa shape index (κ1) is 31.5. The number of amides is 4. The maximum atomic E-state index is 13.7. The van der Waals surface area contributed by atoms with Crippen molar-refractivity contribution in [2.24, 2.45) is 13.0 Å². The van der Waals surface area contributed by atoms with Crippen LogP contribution < -0.4 is 21.6 Å². The van der Waals surface area contributed by atoms with Crippen LogP contribution in [0.3, 0.4) is 0 Å². The van der Waals surface area contributed by atoms with Crippen LogP contribution in [-0.4, -0.2) is 84.5 Å². The van der Waals surface area contributed by atoms with Crippen molar-refractivity contribution in [2.75, 3.05) is 26.2 Å². The van der Waals surface area contributed by atoms with Crippen LogP contribution in [0, 0.1) is 5.92 Å². The lowest BCUT2D eigenvalue weighted by Gasteiger charge is -2.25. The van der Waals surface area contributed by atoms with E-state index >= 15 is 0 Å². The number of H-pyrrole nitrogens is 1. The largest absolute Gasteiger partial charge is 0.354 e. The van der Waals surface area contributed by atoms with Gasteiger partial charge in [-0.15, -0.1) is 0 Å². The van der Waals surface area contributed by atoms with Gasteiger partial charge in [-0.25, -0.2) is 9.31 Å². The maximum Gasteiger partial charge on any atom is 0.326 e. The summed E-state index contributed by atoms with van der Waals surface area (Å²) in [6, 6.07) is 4.34. The molecular weight excluding hydrogens is 578 g/mol. The monoisotopic (exact) mass is 619 g/mol. The number of aryl methyl sites for hydroxylation is 2. The van der Waals surface area contributed by atoms with Gasteiger partial charge in [0.05, 0.1) is 17.2 Å². The molecule has 2 bridgehead atoms. The summed E-state index contributed by atoms with van der Waals surface area (Å²) in [5.41, 5.74) is 2.43. The van der Waals surface area contributed by atoms with E-state index < -0.39 is 6.04 Å². The van der Waals surface area contributed by atoms with Crippen molar-refractivity contribution in [3.8, 4) is 0 Å². The summed E-state index contributed by atoms with van der Waals surface area (Å²) >= 11 is 0. The van der Waals surface area contributed by atoms with E-state index in [0.717, 1.165) is 0 Å². The highest BCUT2D eigenvalue weighted by Crippen LogP contribution is 2.16. The SMILES string of the molecule is CC[C@H](C)[C@@H]1NC(=O)CCCN(C(=O)c2cnn3ccn(C)c23)CCCNC(=O)c2ccc3[nH]c(=O)n(c3c2)CCCNC1=O. The van der Waals surface area contributed by atoms with Gasteiger partial charge in [0.1, 0.15) is 17.3 Å². The number of fused-ring (bicyclic) bond motifs is 2. The molecule has 4 heterocycles. The molecular formula is C31H41N9O5. The molecule has 4 N–H and O–H groups in total. The van der Waals surface area contributed by atoms with Gasteiger partial charge in [0, 0.05) is 64.1 Å². The van der Waals surface area contributed by atoms with E-state index in [4.69, 9.17) is 0 Å². The highest BCUT2D eigenvalue weighted by Gasteiger charge is 2.26. The fourth-order valence-electron chi connectivity index (χ4n) is 5.71. The number of hydrogen-bond acceptors (Lipinski definition) is 6. The molecule has 3 aromatic heterocycles. The second-order valence-electron chi connectivity index (χ2n) is 11.6. The summed E-state index contributed by atoms with van der Waals surface area (Å²) in [6.45, 7) is 5.49. The van der Waals surface area contributed by atoms with E-state index in [2.05, 4.69) is 26.0 Å². The second-order valence-corrected chi connectivity index (χ2v) is 11.6. The van der Waals surface area contributed by atoms with Gasteiger partial charge < -0.3 is 30.4 Å². The molecule has 0 spiro atoms. The summed E-state index contributed by atoms with van der Waals surface area (Å²) in [5, 5.41) is 13.0. The minimum Gasteiger partial charge on any atom is -0.354 e. The quantitative estimate of drug-likeness (QED) is 0.271. The number of benzene rings is 1. The molecule has 14 heteroatoms. The third kappa shape index (κ3) is 6.94. The third-order valence-electron chi connectivity index (χ3n) is 8.48. The number of hydrogen-bond donors (Lipinski definition) is 4.